The van der Waals surface area contributed by atoms with Crippen LogP contribution in [0.5, 0.6) is 0 Å². The fraction of sp³-hybridized carbons (Fsp3) is 0.600. The van der Waals surface area contributed by atoms with Crippen molar-refractivity contribution in [3.05, 3.63) is 29.6 Å². The minimum absolute atomic E-state index is 0.175. The minimum Gasteiger partial charge on any atom is -0.399 e. The molecule has 1 aliphatic heterocycles. The molecule has 0 saturated carbocycles. The summed E-state index contributed by atoms with van der Waals surface area (Å²) >= 11 is 0. The molecule has 18 heavy (non-hydrogen) atoms. The molecule has 1 aliphatic rings. The maximum atomic E-state index is 13.7. The summed E-state index contributed by atoms with van der Waals surface area (Å²) in [6.07, 6.45) is 5.12. The molecule has 3 heteroatoms. The number of hydrogen-bond acceptors (Lipinski definition) is 2. The Morgan fingerprint density at radius 3 is 2.67 bits per heavy atom. The standard InChI is InChI=1S/C15H23FN2/c1-2-3-12-6-8-18(9-7-12)11-13-4-5-14(17)10-15(13)16/h4-5,10,12H,2-3,6-9,11,17H2,1H3. The van der Waals surface area contributed by atoms with Crippen LogP contribution in [0.1, 0.15) is 38.2 Å². The molecule has 0 amide bonds. The van der Waals surface area contributed by atoms with Gasteiger partial charge in [0.25, 0.3) is 0 Å². The smallest absolute Gasteiger partial charge is 0.129 e. The van der Waals surface area contributed by atoms with Crippen LogP contribution in [0.4, 0.5) is 10.1 Å². The van der Waals surface area contributed by atoms with E-state index in [1.54, 1.807) is 6.07 Å². The number of nitrogens with zero attached hydrogens (tertiary/aromatic N) is 1. The highest BCUT2D eigenvalue weighted by atomic mass is 19.1. The van der Waals surface area contributed by atoms with E-state index in [1.807, 2.05) is 6.07 Å². The summed E-state index contributed by atoms with van der Waals surface area (Å²) in [5, 5.41) is 0. The van der Waals surface area contributed by atoms with Crippen molar-refractivity contribution in [3.8, 4) is 0 Å². The molecule has 1 heterocycles. The maximum Gasteiger partial charge on any atom is 0.129 e. The largest absolute Gasteiger partial charge is 0.399 e. The van der Waals surface area contributed by atoms with E-state index in [4.69, 9.17) is 5.73 Å². The van der Waals surface area contributed by atoms with Crippen molar-refractivity contribution in [2.75, 3.05) is 18.8 Å². The molecule has 2 rings (SSSR count). The molecule has 0 unspecified atom stereocenters. The number of nitrogen functional groups attached to an aromatic ring is 1. The molecule has 2 nitrogen and oxygen atoms in total. The Kier molecular flexibility index (Phi) is 4.59. The molecule has 100 valence electrons. The number of likely N-dealkylation sites (tertiary alicyclic amines) is 1. The predicted octanol–water partition coefficient (Wildman–Crippen LogP) is 3.42. The monoisotopic (exact) mass is 250 g/mol. The second-order valence-electron chi connectivity index (χ2n) is 5.36. The lowest BCUT2D eigenvalue weighted by Gasteiger charge is -2.31. The highest BCUT2D eigenvalue weighted by Crippen LogP contribution is 2.23. The molecule has 1 aromatic carbocycles. The van der Waals surface area contributed by atoms with E-state index in [0.717, 1.165) is 24.6 Å². The van der Waals surface area contributed by atoms with Crippen molar-refractivity contribution in [3.63, 3.8) is 0 Å². The number of rotatable bonds is 4. The summed E-state index contributed by atoms with van der Waals surface area (Å²) in [7, 11) is 0. The quantitative estimate of drug-likeness (QED) is 0.830. The zero-order chi connectivity index (χ0) is 13.0. The number of hydrogen-bond donors (Lipinski definition) is 1. The van der Waals surface area contributed by atoms with Crippen molar-refractivity contribution in [1.29, 1.82) is 0 Å². The van der Waals surface area contributed by atoms with E-state index in [-0.39, 0.29) is 5.82 Å². The summed E-state index contributed by atoms with van der Waals surface area (Å²) in [5.74, 6) is 0.702. The van der Waals surface area contributed by atoms with Crippen LogP contribution in [0.15, 0.2) is 18.2 Å². The number of nitrogens with two attached hydrogens (primary N) is 1. The van der Waals surface area contributed by atoms with Gasteiger partial charge in [-0.2, -0.15) is 0 Å². The molecular weight excluding hydrogens is 227 g/mol. The Labute approximate surface area is 109 Å². The number of halogens is 1. The fourth-order valence-electron chi connectivity index (χ4n) is 2.77. The second kappa shape index (κ2) is 6.19. The Morgan fingerprint density at radius 2 is 2.06 bits per heavy atom. The number of piperidine rings is 1. The molecule has 2 N–H and O–H groups in total. The SMILES string of the molecule is CCCC1CCN(Cc2ccc(N)cc2F)CC1. The van der Waals surface area contributed by atoms with Gasteiger partial charge in [0.05, 0.1) is 0 Å². The van der Waals surface area contributed by atoms with Crippen molar-refractivity contribution in [2.45, 2.75) is 39.2 Å². The molecule has 0 bridgehead atoms. The number of anilines is 1. The van der Waals surface area contributed by atoms with Gasteiger partial charge in [-0.05, 0) is 44.0 Å². The van der Waals surface area contributed by atoms with Gasteiger partial charge < -0.3 is 5.73 Å². The Hall–Kier alpha value is -1.09. The summed E-state index contributed by atoms with van der Waals surface area (Å²) in [6, 6.07) is 5.00. The first kappa shape index (κ1) is 13.3. The van der Waals surface area contributed by atoms with Crippen LogP contribution in [-0.2, 0) is 6.54 Å². The first-order valence-electron chi connectivity index (χ1n) is 6.95. The van der Waals surface area contributed by atoms with Crippen molar-refractivity contribution in [1.82, 2.24) is 4.90 Å². The molecular formula is C15H23FN2. The van der Waals surface area contributed by atoms with Crippen LogP contribution in [-0.4, -0.2) is 18.0 Å². The van der Waals surface area contributed by atoms with Gasteiger partial charge in [0.1, 0.15) is 5.82 Å². The molecule has 0 aliphatic carbocycles. The van der Waals surface area contributed by atoms with E-state index in [0.29, 0.717) is 12.2 Å². The summed E-state index contributed by atoms with van der Waals surface area (Å²) in [4.78, 5) is 2.35. The molecule has 1 saturated heterocycles. The Morgan fingerprint density at radius 1 is 1.33 bits per heavy atom. The van der Waals surface area contributed by atoms with Crippen molar-refractivity contribution >= 4 is 5.69 Å². The zero-order valence-electron chi connectivity index (χ0n) is 11.2. The highest BCUT2D eigenvalue weighted by Gasteiger charge is 2.19. The van der Waals surface area contributed by atoms with Crippen LogP contribution in [0, 0.1) is 11.7 Å². The van der Waals surface area contributed by atoms with Crippen LogP contribution in [0.25, 0.3) is 0 Å². The number of benzene rings is 1. The van der Waals surface area contributed by atoms with E-state index in [1.165, 1.54) is 31.7 Å². The lowest BCUT2D eigenvalue weighted by atomic mass is 9.92. The van der Waals surface area contributed by atoms with Gasteiger partial charge in [-0.1, -0.05) is 25.8 Å². The van der Waals surface area contributed by atoms with E-state index in [9.17, 15) is 4.39 Å². The minimum atomic E-state index is -0.175. The van der Waals surface area contributed by atoms with Crippen LogP contribution in [0.3, 0.4) is 0 Å². The van der Waals surface area contributed by atoms with Crippen LogP contribution in [0.2, 0.25) is 0 Å². The summed E-state index contributed by atoms with van der Waals surface area (Å²) in [5.41, 5.74) is 6.82. The molecule has 1 fully saturated rings. The van der Waals surface area contributed by atoms with Gasteiger partial charge in [-0.3, -0.25) is 4.90 Å². The highest BCUT2D eigenvalue weighted by molar-refractivity contribution is 5.40. The molecule has 0 aromatic heterocycles. The first-order valence-corrected chi connectivity index (χ1v) is 6.95. The fourth-order valence-corrected chi connectivity index (χ4v) is 2.77. The molecule has 0 radical (unpaired) electrons. The summed E-state index contributed by atoms with van der Waals surface area (Å²) in [6.45, 7) is 5.14. The predicted molar refractivity (Wildman–Crippen MR) is 73.7 cm³/mol. The van der Waals surface area contributed by atoms with Crippen molar-refractivity contribution < 1.29 is 4.39 Å². The molecule has 1 aromatic rings. The maximum absolute atomic E-state index is 13.7. The lowest BCUT2D eigenvalue weighted by molar-refractivity contribution is 0.170. The van der Waals surface area contributed by atoms with Gasteiger partial charge in [0, 0.05) is 17.8 Å². The second-order valence-corrected chi connectivity index (χ2v) is 5.36. The Bertz CT molecular complexity index is 384. The average Bonchev–Trinajstić information content (AvgIpc) is 2.35. The zero-order valence-corrected chi connectivity index (χ0v) is 11.2. The topological polar surface area (TPSA) is 29.3 Å². The lowest BCUT2D eigenvalue weighted by Crippen LogP contribution is -2.33. The van der Waals surface area contributed by atoms with E-state index < -0.39 is 0 Å². The normalized spacial score (nSPS) is 18.1. The third kappa shape index (κ3) is 3.45. The Balaban J connectivity index is 1.87. The van der Waals surface area contributed by atoms with Gasteiger partial charge in [-0.25, -0.2) is 4.39 Å². The van der Waals surface area contributed by atoms with Gasteiger partial charge in [0.15, 0.2) is 0 Å². The van der Waals surface area contributed by atoms with Crippen LogP contribution >= 0.6 is 0 Å². The van der Waals surface area contributed by atoms with Gasteiger partial charge in [-0.15, -0.1) is 0 Å². The van der Waals surface area contributed by atoms with Gasteiger partial charge >= 0.3 is 0 Å². The molecule has 0 spiro atoms. The van der Waals surface area contributed by atoms with E-state index in [2.05, 4.69) is 11.8 Å². The van der Waals surface area contributed by atoms with Gasteiger partial charge in [0.2, 0.25) is 0 Å². The summed E-state index contributed by atoms with van der Waals surface area (Å²) < 4.78 is 13.7. The third-order valence-corrected chi connectivity index (χ3v) is 3.88. The third-order valence-electron chi connectivity index (χ3n) is 3.88. The average molecular weight is 250 g/mol. The van der Waals surface area contributed by atoms with Crippen molar-refractivity contribution in [2.24, 2.45) is 5.92 Å². The first-order chi connectivity index (χ1) is 8.69. The van der Waals surface area contributed by atoms with E-state index >= 15 is 0 Å². The van der Waals surface area contributed by atoms with Crippen LogP contribution < -0.4 is 5.73 Å². The molecule has 0 atom stereocenters.